The second-order valence-electron chi connectivity index (χ2n) is 26.0. The maximum Gasteiger partial charge on any atom is 0.329 e. The molecule has 22 nitrogen and oxygen atoms in total. The SMILES string of the molecule is C#Cc1cccc(Nc2ncnc3cc(OCCCO)c(OCCN4CCN(C(=O)CCC[C@@H]5/C=C(\C)C[C@H](C)C[C@H](OC)[C@H]6O[C@@](O)(C(=O)C(=O)N7CCCC[C@H]7C(=O)O[C@H](/C(C)=C/[C@@H]7CC[C@@H](O)[C@H](OC)C7)[C@H](C)[C@@H](O)CC5=O)[C@H](C)C[C@@H]6OC)CC4)cc23)c1. The van der Waals surface area contributed by atoms with Crippen LogP contribution < -0.4 is 14.8 Å². The Balaban J connectivity index is 0.967. The molecular formula is C70H98N6O16. The van der Waals surface area contributed by atoms with Gasteiger partial charge in [-0.2, -0.15) is 0 Å². The molecule has 92 heavy (non-hydrogen) atoms. The number of cyclic esters (lactones) is 1. The third kappa shape index (κ3) is 18.1. The predicted octanol–water partition coefficient (Wildman–Crippen LogP) is 6.89. The number of fused-ring (bicyclic) bond motifs is 4. The van der Waals surface area contributed by atoms with Gasteiger partial charge in [-0.1, -0.05) is 50.5 Å². The first kappa shape index (κ1) is 71.5. The zero-order chi connectivity index (χ0) is 66.2. The molecular weight excluding hydrogens is 1180 g/mol. The fourth-order valence-electron chi connectivity index (χ4n) is 13.9. The van der Waals surface area contributed by atoms with Gasteiger partial charge in [0.1, 0.15) is 42.8 Å². The number of rotatable bonds is 19. The van der Waals surface area contributed by atoms with Crippen molar-refractivity contribution in [2.24, 2.45) is 29.6 Å². The average molecular weight is 1280 g/mol. The standard InChI is InChI=1S/C70H98N6O16/c1-10-48-16-13-18-51(37-48)73-67-52-39-59(60(89-30-15-29-77)40-53(52)71-42-72-67)90-31-28-74-24-26-75(27-25-74)63(81)20-14-17-50-33-43(2)32-44(3)34-61(87-8)65-62(88-9)36-46(5)70(85,92-65)66(82)68(83)76-23-12-11-19-54(76)69(84)91-64(47(6)56(79)41-57(50)80)45(4)35-49-21-22-55(78)58(38-49)86-7/h1,13,16,18,33,35,37,39-40,42,44,46-47,49-50,54-56,58,61-62,64-65,77-79,85H,11-12,14-15,17,19-32,34,36,38,41H2,2-9H3,(H,71,72,73)/b43-33+,45-35+/t44-,46+,47+,49-,50+,54-,55+,56-,58+,61-,62-,64+,65+,70+/m0/s1. The lowest BCUT2D eigenvalue weighted by Gasteiger charge is -2.47. The first-order valence-corrected chi connectivity index (χ1v) is 33.0. The summed E-state index contributed by atoms with van der Waals surface area (Å²) in [7, 11) is 4.58. The molecule has 5 heterocycles. The van der Waals surface area contributed by atoms with E-state index in [1.54, 1.807) is 33.9 Å². The number of aliphatic hydroxyl groups excluding tert-OH is 3. The Morgan fingerprint density at radius 3 is 2.32 bits per heavy atom. The van der Waals surface area contributed by atoms with Gasteiger partial charge in [-0.05, 0) is 126 Å². The molecule has 0 radical (unpaired) electrons. The van der Waals surface area contributed by atoms with E-state index in [1.165, 1.54) is 25.4 Å². The van der Waals surface area contributed by atoms with Gasteiger partial charge in [-0.15, -0.1) is 6.42 Å². The molecule has 14 atom stereocenters. The Hall–Kier alpha value is -6.39. The summed E-state index contributed by atoms with van der Waals surface area (Å²) >= 11 is 0. The summed E-state index contributed by atoms with van der Waals surface area (Å²) < 4.78 is 42.8. The average Bonchev–Trinajstić information content (AvgIpc) is 0.790. The zero-order valence-electron chi connectivity index (χ0n) is 55.0. The van der Waals surface area contributed by atoms with E-state index in [9.17, 15) is 44.4 Å². The highest BCUT2D eigenvalue weighted by molar-refractivity contribution is 6.39. The number of esters is 1. The number of carbonyl (C=O) groups is 5. The van der Waals surface area contributed by atoms with Crippen LogP contribution in [0.3, 0.4) is 0 Å². The van der Waals surface area contributed by atoms with Crippen molar-refractivity contribution in [2.45, 2.75) is 179 Å². The number of ether oxygens (including phenoxy) is 7. The van der Waals surface area contributed by atoms with Crippen LogP contribution in [0.15, 0.2) is 66.0 Å². The number of piperidine rings is 1. The molecule has 3 aromatic rings. The Labute approximate surface area is 541 Å². The molecule has 2 bridgehead atoms. The Morgan fingerprint density at radius 2 is 1.59 bits per heavy atom. The van der Waals surface area contributed by atoms with Crippen LogP contribution in [0.4, 0.5) is 11.5 Å². The van der Waals surface area contributed by atoms with Crippen LogP contribution in [0.2, 0.25) is 0 Å². The Kier molecular flexibility index (Phi) is 26.1. The normalized spacial score (nSPS) is 30.9. The third-order valence-corrected chi connectivity index (χ3v) is 19.3. The molecule has 3 saturated heterocycles. The van der Waals surface area contributed by atoms with Crippen molar-refractivity contribution >= 4 is 51.8 Å². The van der Waals surface area contributed by atoms with Crippen LogP contribution in [0.5, 0.6) is 11.5 Å². The van der Waals surface area contributed by atoms with Crippen LogP contribution in [0.25, 0.3) is 10.9 Å². The van der Waals surface area contributed by atoms with Gasteiger partial charge in [0.25, 0.3) is 11.7 Å². The molecule has 1 aliphatic carbocycles. The monoisotopic (exact) mass is 1280 g/mol. The molecule has 5 N–H and O–H groups in total. The minimum Gasteiger partial charge on any atom is -0.490 e. The van der Waals surface area contributed by atoms with Crippen molar-refractivity contribution in [1.29, 1.82) is 0 Å². The number of aromatic nitrogens is 2. The highest BCUT2D eigenvalue weighted by atomic mass is 16.7. The number of Topliss-reactive ketones (excluding diaryl/α,β-unsaturated/α-hetero) is 2. The van der Waals surface area contributed by atoms with Gasteiger partial charge in [0.05, 0.1) is 42.6 Å². The number of methoxy groups -OCH3 is 3. The first-order chi connectivity index (χ1) is 44.2. The van der Waals surface area contributed by atoms with Crippen LogP contribution in [0.1, 0.15) is 130 Å². The summed E-state index contributed by atoms with van der Waals surface area (Å²) in [5.41, 5.74) is 3.61. The largest absolute Gasteiger partial charge is 0.490 e. The summed E-state index contributed by atoms with van der Waals surface area (Å²) in [6.07, 6.45) is 10.3. The predicted molar refractivity (Wildman–Crippen MR) is 345 cm³/mol. The van der Waals surface area contributed by atoms with Gasteiger partial charge in [0, 0.05) is 127 Å². The fourth-order valence-corrected chi connectivity index (χ4v) is 13.9. The van der Waals surface area contributed by atoms with E-state index in [0.29, 0.717) is 137 Å². The van der Waals surface area contributed by atoms with Crippen molar-refractivity contribution in [3.8, 4) is 23.8 Å². The molecule has 1 saturated carbocycles. The summed E-state index contributed by atoms with van der Waals surface area (Å²) in [6, 6.07) is 9.90. The van der Waals surface area contributed by atoms with Gasteiger partial charge < -0.3 is 68.7 Å². The molecule has 2 aromatic carbocycles. The van der Waals surface area contributed by atoms with E-state index in [-0.39, 0.29) is 69.0 Å². The lowest BCUT2D eigenvalue weighted by Crippen LogP contribution is -2.64. The molecule has 0 spiro atoms. The number of piperazine rings is 1. The highest BCUT2D eigenvalue weighted by Gasteiger charge is 2.57. The summed E-state index contributed by atoms with van der Waals surface area (Å²) in [4.78, 5) is 86.9. The van der Waals surface area contributed by atoms with Gasteiger partial charge in [0.2, 0.25) is 11.7 Å². The first-order valence-electron chi connectivity index (χ1n) is 33.0. The van der Waals surface area contributed by atoms with Gasteiger partial charge in [0.15, 0.2) is 11.5 Å². The van der Waals surface area contributed by atoms with Crippen LogP contribution in [0, 0.1) is 41.9 Å². The van der Waals surface area contributed by atoms with Crippen molar-refractivity contribution in [2.75, 3.05) is 85.7 Å². The number of amides is 2. The molecule has 2 amide bonds. The van der Waals surface area contributed by atoms with Gasteiger partial charge >= 0.3 is 5.97 Å². The molecule has 4 fully saturated rings. The number of benzene rings is 2. The molecule has 504 valence electrons. The van der Waals surface area contributed by atoms with E-state index < -0.39 is 90.0 Å². The lowest BCUT2D eigenvalue weighted by atomic mass is 9.81. The van der Waals surface area contributed by atoms with E-state index >= 15 is 0 Å². The Morgan fingerprint density at radius 1 is 0.859 bits per heavy atom. The number of carbonyl (C=O) groups excluding carboxylic acids is 5. The van der Waals surface area contributed by atoms with Gasteiger partial charge in [-0.25, -0.2) is 14.8 Å². The zero-order valence-corrected chi connectivity index (χ0v) is 55.0. The van der Waals surface area contributed by atoms with Gasteiger partial charge in [-0.3, -0.25) is 24.1 Å². The maximum atomic E-state index is 14.8. The second kappa shape index (κ2) is 33.6. The number of nitrogens with one attached hydrogen (secondary N) is 1. The minimum atomic E-state index is -2.58. The van der Waals surface area contributed by atoms with Crippen LogP contribution in [-0.4, -0.2) is 209 Å². The lowest BCUT2D eigenvalue weighted by molar-refractivity contribution is -0.302. The van der Waals surface area contributed by atoms with Crippen molar-refractivity contribution in [3.05, 3.63) is 71.6 Å². The third-order valence-electron chi connectivity index (χ3n) is 19.3. The number of terminal acetylenes is 1. The molecule has 22 heteroatoms. The number of hydrogen-bond donors (Lipinski definition) is 5. The molecule has 8 rings (SSSR count). The number of aliphatic hydroxyl groups is 4. The summed E-state index contributed by atoms with van der Waals surface area (Å²) in [5, 5.41) is 48.7. The van der Waals surface area contributed by atoms with E-state index in [1.807, 2.05) is 61.2 Å². The highest BCUT2D eigenvalue weighted by Crippen LogP contribution is 2.41. The maximum absolute atomic E-state index is 14.8. The molecule has 1 aromatic heterocycles. The van der Waals surface area contributed by atoms with E-state index in [0.717, 1.165) is 16.8 Å². The second-order valence-corrected chi connectivity index (χ2v) is 26.0. The van der Waals surface area contributed by atoms with Crippen LogP contribution in [-0.2, 0) is 47.7 Å². The van der Waals surface area contributed by atoms with Crippen molar-refractivity contribution in [1.82, 2.24) is 24.7 Å². The van der Waals surface area contributed by atoms with Crippen molar-refractivity contribution in [3.63, 3.8) is 0 Å². The number of anilines is 2. The topological polar surface area (TPSA) is 278 Å². The van der Waals surface area contributed by atoms with Crippen LogP contribution >= 0.6 is 0 Å². The number of nitrogens with zero attached hydrogens (tertiary/aromatic N) is 5. The molecule has 5 aliphatic rings. The van der Waals surface area contributed by atoms with E-state index in [2.05, 4.69) is 26.1 Å². The molecule has 4 aliphatic heterocycles. The number of hydrogen-bond acceptors (Lipinski definition) is 20. The smallest absolute Gasteiger partial charge is 0.329 e. The fraction of sp³-hybridized carbons (Fsp3) is 0.643. The quantitative estimate of drug-likeness (QED) is 0.0269. The Bertz CT molecular complexity index is 3110. The van der Waals surface area contributed by atoms with Crippen molar-refractivity contribution < 1.29 is 77.6 Å². The molecule has 0 unspecified atom stereocenters. The number of ketones is 2. The summed E-state index contributed by atoms with van der Waals surface area (Å²) in [6.45, 7) is 12.5. The minimum absolute atomic E-state index is 0.0279. The van der Waals surface area contributed by atoms with E-state index in [4.69, 9.17) is 39.6 Å². The summed E-state index contributed by atoms with van der Waals surface area (Å²) in [5.74, 6) is -4.31. The number of allylic oxidation sites excluding steroid dienone is 3.